The third kappa shape index (κ3) is 4.75. The number of methoxy groups -OCH3 is 2. The molecule has 1 aliphatic heterocycles. The number of hydrogen-bond donors (Lipinski definition) is 0. The highest BCUT2D eigenvalue weighted by Crippen LogP contribution is 2.50. The van der Waals surface area contributed by atoms with Crippen LogP contribution in [0.5, 0.6) is 0 Å². The van der Waals surface area contributed by atoms with Crippen LogP contribution in [0.25, 0.3) is 5.57 Å². The summed E-state index contributed by atoms with van der Waals surface area (Å²) >= 11 is 3.57. The number of aryl methyl sites for hydroxylation is 1. The number of halogens is 1. The van der Waals surface area contributed by atoms with E-state index in [1.807, 2.05) is 121 Å². The number of rotatable bonds is 6. The first kappa shape index (κ1) is 27.2. The molecule has 1 aliphatic rings. The van der Waals surface area contributed by atoms with E-state index in [4.69, 9.17) is 9.47 Å². The summed E-state index contributed by atoms with van der Waals surface area (Å²) < 4.78 is 11.5. The van der Waals surface area contributed by atoms with Crippen LogP contribution in [0.4, 0.5) is 5.69 Å². The van der Waals surface area contributed by atoms with Gasteiger partial charge in [-0.15, -0.1) is 0 Å². The summed E-state index contributed by atoms with van der Waals surface area (Å²) in [6.07, 6.45) is 2.05. The molecule has 1 heterocycles. The molecule has 0 aliphatic carbocycles. The van der Waals surface area contributed by atoms with Crippen molar-refractivity contribution >= 4 is 39.1 Å². The highest BCUT2D eigenvalue weighted by atomic mass is 79.9. The van der Waals surface area contributed by atoms with Gasteiger partial charge in [0.25, 0.3) is 0 Å². The molecule has 6 heteroatoms. The maximum atomic E-state index is 13.9. The molecule has 5 rings (SSSR count). The summed E-state index contributed by atoms with van der Waals surface area (Å²) in [5, 5.41) is 0. The standard InChI is InChI=1S/C34H28BrNO4/c1-23-17-19-28(20-18-23)36-31(33(38)40-3)30(32(37)39-2)29(24-11-10-16-27(35)21-24)22-34(36,25-12-6-4-7-13-25)26-14-8-5-9-15-26/h4-22H,1-3H3. The fraction of sp³-hybridized carbons (Fsp3) is 0.118. The van der Waals surface area contributed by atoms with Gasteiger partial charge in [0, 0.05) is 10.2 Å². The summed E-state index contributed by atoms with van der Waals surface area (Å²) in [6, 6.07) is 35.4. The number of hydrogen-bond acceptors (Lipinski definition) is 5. The molecule has 0 spiro atoms. The van der Waals surface area contributed by atoms with Crippen molar-refractivity contribution in [3.8, 4) is 0 Å². The quantitative estimate of drug-likeness (QED) is 0.221. The molecule has 0 amide bonds. The third-order valence-corrected chi connectivity index (χ3v) is 7.55. The van der Waals surface area contributed by atoms with E-state index in [0.717, 1.165) is 26.7 Å². The molecule has 0 fully saturated rings. The predicted octanol–water partition coefficient (Wildman–Crippen LogP) is 7.21. The number of benzene rings is 4. The van der Waals surface area contributed by atoms with Gasteiger partial charge in [0.1, 0.15) is 11.2 Å². The van der Waals surface area contributed by atoms with E-state index in [1.165, 1.54) is 14.2 Å². The first-order valence-electron chi connectivity index (χ1n) is 12.8. The Kier molecular flexibility index (Phi) is 7.71. The molecule has 4 aromatic carbocycles. The lowest BCUT2D eigenvalue weighted by atomic mass is 9.74. The molecule has 5 nitrogen and oxygen atoms in total. The SMILES string of the molecule is COC(=O)C1=C(C(=O)OC)N(c2ccc(C)cc2)C(c2ccccc2)(c2ccccc2)C=C1c1cccc(Br)c1. The van der Waals surface area contributed by atoms with Crippen LogP contribution in [0.1, 0.15) is 22.3 Å². The molecular weight excluding hydrogens is 566 g/mol. The van der Waals surface area contributed by atoms with Crippen molar-refractivity contribution in [2.75, 3.05) is 19.1 Å². The van der Waals surface area contributed by atoms with Crippen LogP contribution < -0.4 is 4.90 Å². The molecular formula is C34H28BrNO4. The van der Waals surface area contributed by atoms with Crippen molar-refractivity contribution in [2.24, 2.45) is 0 Å². The third-order valence-electron chi connectivity index (χ3n) is 7.06. The smallest absolute Gasteiger partial charge is 0.355 e. The van der Waals surface area contributed by atoms with Gasteiger partial charge >= 0.3 is 11.9 Å². The lowest BCUT2D eigenvalue weighted by Crippen LogP contribution is -2.50. The van der Waals surface area contributed by atoms with Crippen LogP contribution in [0.3, 0.4) is 0 Å². The monoisotopic (exact) mass is 593 g/mol. The van der Waals surface area contributed by atoms with Gasteiger partial charge in [-0.2, -0.15) is 0 Å². The highest BCUT2D eigenvalue weighted by Gasteiger charge is 2.49. The predicted molar refractivity (Wildman–Crippen MR) is 160 cm³/mol. The zero-order chi connectivity index (χ0) is 28.3. The number of ether oxygens (including phenoxy) is 2. The summed E-state index contributed by atoms with van der Waals surface area (Å²) in [4.78, 5) is 29.4. The van der Waals surface area contributed by atoms with Gasteiger partial charge in [0.2, 0.25) is 0 Å². The normalized spacial score (nSPS) is 14.4. The Hall–Kier alpha value is -4.42. The Morgan fingerprint density at radius 1 is 0.725 bits per heavy atom. The first-order chi connectivity index (χ1) is 19.4. The lowest BCUT2D eigenvalue weighted by molar-refractivity contribution is -0.139. The van der Waals surface area contributed by atoms with Crippen molar-refractivity contribution in [3.63, 3.8) is 0 Å². The number of carbonyl (C=O) groups excluding carboxylic acids is 2. The molecule has 0 saturated heterocycles. The molecule has 0 bridgehead atoms. The van der Waals surface area contributed by atoms with Crippen molar-refractivity contribution in [1.29, 1.82) is 0 Å². The van der Waals surface area contributed by atoms with Crippen molar-refractivity contribution < 1.29 is 19.1 Å². The second kappa shape index (κ2) is 11.4. The van der Waals surface area contributed by atoms with Crippen molar-refractivity contribution in [2.45, 2.75) is 12.5 Å². The Morgan fingerprint density at radius 3 is 1.82 bits per heavy atom. The van der Waals surface area contributed by atoms with Crippen LogP contribution in [0.2, 0.25) is 0 Å². The number of nitrogens with zero attached hydrogens (tertiary/aromatic N) is 1. The summed E-state index contributed by atoms with van der Waals surface area (Å²) in [5.41, 5.74) is 4.05. The molecule has 200 valence electrons. The number of esters is 2. The highest BCUT2D eigenvalue weighted by molar-refractivity contribution is 9.10. The minimum Gasteiger partial charge on any atom is -0.465 e. The van der Waals surface area contributed by atoms with Crippen LogP contribution in [0.15, 0.2) is 131 Å². The lowest BCUT2D eigenvalue weighted by Gasteiger charge is -2.48. The Morgan fingerprint density at radius 2 is 1.30 bits per heavy atom. The van der Waals surface area contributed by atoms with E-state index < -0.39 is 17.5 Å². The number of carbonyl (C=O) groups is 2. The van der Waals surface area contributed by atoms with E-state index in [2.05, 4.69) is 22.0 Å². The van der Waals surface area contributed by atoms with Gasteiger partial charge in [-0.05, 0) is 59.5 Å². The zero-order valence-electron chi connectivity index (χ0n) is 22.4. The summed E-state index contributed by atoms with van der Waals surface area (Å²) in [7, 11) is 2.64. The van der Waals surface area contributed by atoms with Crippen molar-refractivity contribution in [1.82, 2.24) is 0 Å². The van der Waals surface area contributed by atoms with Crippen LogP contribution in [0, 0.1) is 6.92 Å². The van der Waals surface area contributed by atoms with Gasteiger partial charge in [0.15, 0.2) is 0 Å². The summed E-state index contributed by atoms with van der Waals surface area (Å²) in [5.74, 6) is -1.30. The van der Waals surface area contributed by atoms with Gasteiger partial charge in [0.05, 0.1) is 19.8 Å². The fourth-order valence-electron chi connectivity index (χ4n) is 5.25. The largest absolute Gasteiger partial charge is 0.465 e. The van der Waals surface area contributed by atoms with Crippen molar-refractivity contribution in [3.05, 3.63) is 153 Å². The zero-order valence-corrected chi connectivity index (χ0v) is 24.0. The Labute approximate surface area is 242 Å². The molecule has 0 atom stereocenters. The van der Waals surface area contributed by atoms with E-state index in [1.54, 1.807) is 0 Å². The van der Waals surface area contributed by atoms with Gasteiger partial charge in [-0.25, -0.2) is 9.59 Å². The van der Waals surface area contributed by atoms with Gasteiger partial charge < -0.3 is 14.4 Å². The average molecular weight is 595 g/mol. The minimum absolute atomic E-state index is 0.0865. The van der Waals surface area contributed by atoms with E-state index >= 15 is 0 Å². The Bertz CT molecular complexity index is 1570. The topological polar surface area (TPSA) is 55.8 Å². The van der Waals surface area contributed by atoms with E-state index in [-0.39, 0.29) is 11.3 Å². The average Bonchev–Trinajstić information content (AvgIpc) is 3.00. The van der Waals surface area contributed by atoms with Crippen LogP contribution >= 0.6 is 15.9 Å². The molecule has 0 unspecified atom stereocenters. The van der Waals surface area contributed by atoms with Gasteiger partial charge in [-0.3, -0.25) is 0 Å². The molecule has 0 aromatic heterocycles. The molecule has 40 heavy (non-hydrogen) atoms. The van der Waals surface area contributed by atoms with E-state index in [0.29, 0.717) is 11.3 Å². The maximum absolute atomic E-state index is 13.9. The summed E-state index contributed by atoms with van der Waals surface area (Å²) in [6.45, 7) is 2.00. The molecule has 0 radical (unpaired) electrons. The molecule has 0 saturated carbocycles. The Balaban J connectivity index is 2.01. The number of anilines is 1. The molecule has 4 aromatic rings. The second-order valence-electron chi connectivity index (χ2n) is 9.44. The minimum atomic E-state index is -1.05. The van der Waals surface area contributed by atoms with Crippen LogP contribution in [-0.2, 0) is 24.6 Å². The van der Waals surface area contributed by atoms with E-state index in [9.17, 15) is 9.59 Å². The maximum Gasteiger partial charge on any atom is 0.355 e. The molecule has 0 N–H and O–H groups in total. The van der Waals surface area contributed by atoms with Gasteiger partial charge in [-0.1, -0.05) is 106 Å². The first-order valence-corrected chi connectivity index (χ1v) is 13.6. The second-order valence-corrected chi connectivity index (χ2v) is 10.4. The van der Waals surface area contributed by atoms with Crippen LogP contribution in [-0.4, -0.2) is 26.2 Å². The fourth-order valence-corrected chi connectivity index (χ4v) is 5.65.